The number of hydrogen-bond donors (Lipinski definition) is 1. The van der Waals surface area contributed by atoms with E-state index in [2.05, 4.69) is 30.9 Å². The molecule has 106 valence electrons. The van der Waals surface area contributed by atoms with Crippen molar-refractivity contribution in [2.24, 2.45) is 11.7 Å². The van der Waals surface area contributed by atoms with E-state index in [-0.39, 0.29) is 0 Å². The summed E-state index contributed by atoms with van der Waals surface area (Å²) < 4.78 is 0. The fourth-order valence-corrected chi connectivity index (χ4v) is 3.79. The van der Waals surface area contributed by atoms with Gasteiger partial charge in [0.25, 0.3) is 0 Å². The molecule has 2 aliphatic rings. The molecule has 3 heteroatoms. The topological polar surface area (TPSA) is 32.5 Å². The van der Waals surface area contributed by atoms with Crippen molar-refractivity contribution in [1.29, 1.82) is 0 Å². The van der Waals surface area contributed by atoms with Crippen molar-refractivity contribution in [3.05, 3.63) is 0 Å². The van der Waals surface area contributed by atoms with E-state index >= 15 is 0 Å². The zero-order valence-corrected chi connectivity index (χ0v) is 12.5. The summed E-state index contributed by atoms with van der Waals surface area (Å²) in [5.74, 6) is 0.782. The zero-order chi connectivity index (χ0) is 13.2. The highest BCUT2D eigenvalue weighted by atomic mass is 15.2. The van der Waals surface area contributed by atoms with Gasteiger partial charge in [0.05, 0.1) is 0 Å². The molecular formula is C15H31N3. The largest absolute Gasteiger partial charge is 0.326 e. The van der Waals surface area contributed by atoms with Crippen LogP contribution in [-0.2, 0) is 0 Å². The van der Waals surface area contributed by atoms with Gasteiger partial charge in [-0.1, -0.05) is 12.8 Å². The highest BCUT2D eigenvalue weighted by Gasteiger charge is 2.40. The van der Waals surface area contributed by atoms with E-state index in [1.165, 1.54) is 51.5 Å². The number of nitrogens with two attached hydrogens (primary N) is 1. The van der Waals surface area contributed by atoms with Gasteiger partial charge in [-0.3, -0.25) is 0 Å². The summed E-state index contributed by atoms with van der Waals surface area (Å²) in [6.07, 6.45) is 9.59. The first-order valence-corrected chi connectivity index (χ1v) is 7.65. The summed E-state index contributed by atoms with van der Waals surface area (Å²) in [7, 11) is 6.70. The Bertz CT molecular complexity index is 254. The van der Waals surface area contributed by atoms with Gasteiger partial charge in [-0.2, -0.15) is 0 Å². The minimum atomic E-state index is 0.386. The van der Waals surface area contributed by atoms with Crippen LogP contribution in [0.4, 0.5) is 0 Å². The van der Waals surface area contributed by atoms with Crippen molar-refractivity contribution in [3.63, 3.8) is 0 Å². The fraction of sp³-hybridized carbons (Fsp3) is 1.00. The normalized spacial score (nSPS) is 25.7. The Balaban J connectivity index is 1.78. The van der Waals surface area contributed by atoms with Gasteiger partial charge < -0.3 is 15.5 Å². The van der Waals surface area contributed by atoms with Crippen LogP contribution in [0.3, 0.4) is 0 Å². The van der Waals surface area contributed by atoms with E-state index in [0.717, 1.165) is 12.5 Å². The van der Waals surface area contributed by atoms with Crippen LogP contribution in [0.1, 0.15) is 44.9 Å². The molecule has 1 atom stereocenters. The van der Waals surface area contributed by atoms with Crippen LogP contribution in [-0.4, -0.2) is 55.6 Å². The van der Waals surface area contributed by atoms with E-state index in [1.807, 2.05) is 0 Å². The van der Waals surface area contributed by atoms with Crippen molar-refractivity contribution >= 4 is 0 Å². The van der Waals surface area contributed by atoms with Crippen LogP contribution < -0.4 is 5.73 Å². The summed E-state index contributed by atoms with van der Waals surface area (Å²) >= 11 is 0. The molecule has 2 rings (SSSR count). The predicted octanol–water partition coefficient (Wildman–Crippen LogP) is 1.92. The van der Waals surface area contributed by atoms with E-state index in [1.54, 1.807) is 0 Å². The molecule has 2 aliphatic carbocycles. The second-order valence-electron chi connectivity index (χ2n) is 6.88. The second kappa shape index (κ2) is 5.89. The molecule has 0 aromatic carbocycles. The van der Waals surface area contributed by atoms with Crippen molar-refractivity contribution in [2.75, 3.05) is 34.2 Å². The molecule has 3 nitrogen and oxygen atoms in total. The monoisotopic (exact) mass is 253 g/mol. The molecule has 0 saturated heterocycles. The minimum Gasteiger partial charge on any atom is -0.326 e. The highest BCUT2D eigenvalue weighted by molar-refractivity contribution is 4.98. The number of nitrogens with zero attached hydrogens (tertiary/aromatic N) is 2. The quantitative estimate of drug-likeness (QED) is 0.785. The third kappa shape index (κ3) is 3.06. The Hall–Kier alpha value is -0.120. The molecule has 18 heavy (non-hydrogen) atoms. The zero-order valence-electron chi connectivity index (χ0n) is 12.5. The lowest BCUT2D eigenvalue weighted by molar-refractivity contribution is 0.0251. The first-order valence-electron chi connectivity index (χ1n) is 7.65. The smallest absolute Gasteiger partial charge is 0.0330 e. The van der Waals surface area contributed by atoms with E-state index in [9.17, 15) is 0 Å². The van der Waals surface area contributed by atoms with E-state index < -0.39 is 0 Å². The maximum atomic E-state index is 6.38. The lowest BCUT2D eigenvalue weighted by atomic mass is 9.75. The van der Waals surface area contributed by atoms with Gasteiger partial charge in [-0.05, 0) is 59.2 Å². The Labute approximate surface area is 113 Å². The van der Waals surface area contributed by atoms with Crippen LogP contribution >= 0.6 is 0 Å². The van der Waals surface area contributed by atoms with Crippen LogP contribution in [0.25, 0.3) is 0 Å². The molecule has 0 radical (unpaired) electrons. The molecule has 0 heterocycles. The third-order valence-corrected chi connectivity index (χ3v) is 5.33. The summed E-state index contributed by atoms with van der Waals surface area (Å²) in [4.78, 5) is 4.90. The molecule has 2 saturated carbocycles. The molecule has 0 amide bonds. The van der Waals surface area contributed by atoms with Crippen LogP contribution in [0.15, 0.2) is 0 Å². The van der Waals surface area contributed by atoms with Crippen molar-refractivity contribution in [3.8, 4) is 0 Å². The molecular weight excluding hydrogens is 222 g/mol. The van der Waals surface area contributed by atoms with E-state index in [4.69, 9.17) is 5.73 Å². The predicted molar refractivity (Wildman–Crippen MR) is 77.7 cm³/mol. The molecule has 0 spiro atoms. The van der Waals surface area contributed by atoms with Gasteiger partial charge in [0.2, 0.25) is 0 Å². The van der Waals surface area contributed by atoms with Gasteiger partial charge in [0, 0.05) is 24.7 Å². The van der Waals surface area contributed by atoms with Gasteiger partial charge in [0.15, 0.2) is 0 Å². The maximum Gasteiger partial charge on any atom is 0.0330 e. The van der Waals surface area contributed by atoms with Gasteiger partial charge in [0.1, 0.15) is 0 Å². The fourth-order valence-electron chi connectivity index (χ4n) is 3.79. The van der Waals surface area contributed by atoms with Crippen LogP contribution in [0, 0.1) is 5.92 Å². The summed E-state index contributed by atoms with van der Waals surface area (Å²) in [6, 6.07) is 0.386. The summed E-state index contributed by atoms with van der Waals surface area (Å²) in [5.41, 5.74) is 6.81. The van der Waals surface area contributed by atoms with Crippen molar-refractivity contribution in [1.82, 2.24) is 9.80 Å². The average molecular weight is 253 g/mol. The molecule has 1 unspecified atom stereocenters. The SMILES string of the molecule is CN(CC(N)C1CCCC1)CC1(N(C)C)CCC1. The molecule has 2 fully saturated rings. The van der Waals surface area contributed by atoms with Crippen molar-refractivity contribution < 1.29 is 0 Å². The maximum absolute atomic E-state index is 6.38. The van der Waals surface area contributed by atoms with Crippen molar-refractivity contribution in [2.45, 2.75) is 56.5 Å². The third-order valence-electron chi connectivity index (χ3n) is 5.33. The molecule has 2 N–H and O–H groups in total. The first-order chi connectivity index (χ1) is 8.53. The lowest BCUT2D eigenvalue weighted by Crippen LogP contribution is -2.57. The number of hydrogen-bond acceptors (Lipinski definition) is 3. The Morgan fingerprint density at radius 3 is 2.17 bits per heavy atom. The average Bonchev–Trinajstić information content (AvgIpc) is 2.76. The standard InChI is InChI=1S/C15H31N3/c1-17(2)15(9-6-10-15)12-18(3)11-14(16)13-7-4-5-8-13/h13-14H,4-12,16H2,1-3H3. The summed E-state index contributed by atoms with van der Waals surface area (Å²) in [6.45, 7) is 2.25. The highest BCUT2D eigenvalue weighted by Crippen LogP contribution is 2.36. The van der Waals surface area contributed by atoms with Gasteiger partial charge >= 0.3 is 0 Å². The Kier molecular flexibility index (Phi) is 4.68. The Morgan fingerprint density at radius 2 is 1.72 bits per heavy atom. The first kappa shape index (κ1) is 14.3. The minimum absolute atomic E-state index is 0.386. The lowest BCUT2D eigenvalue weighted by Gasteiger charge is -2.49. The number of rotatable bonds is 6. The van der Waals surface area contributed by atoms with E-state index in [0.29, 0.717) is 11.6 Å². The summed E-state index contributed by atoms with van der Waals surface area (Å²) in [5, 5.41) is 0. The molecule has 0 aromatic heterocycles. The molecule has 0 bridgehead atoms. The second-order valence-corrected chi connectivity index (χ2v) is 6.88. The van der Waals surface area contributed by atoms with Crippen LogP contribution in [0.5, 0.6) is 0 Å². The molecule has 0 aliphatic heterocycles. The van der Waals surface area contributed by atoms with Gasteiger partial charge in [-0.15, -0.1) is 0 Å². The number of likely N-dealkylation sites (N-methyl/N-ethyl adjacent to an activating group) is 2. The Morgan fingerprint density at radius 1 is 1.11 bits per heavy atom. The molecule has 0 aromatic rings. The van der Waals surface area contributed by atoms with Gasteiger partial charge in [-0.25, -0.2) is 0 Å². The van der Waals surface area contributed by atoms with Crippen LogP contribution in [0.2, 0.25) is 0 Å².